The highest BCUT2D eigenvalue weighted by Gasteiger charge is 2.61. The second kappa shape index (κ2) is 5.22. The van der Waals surface area contributed by atoms with E-state index < -0.39 is 0 Å². The third-order valence-electron chi connectivity index (χ3n) is 8.90. The van der Waals surface area contributed by atoms with Gasteiger partial charge in [-0.2, -0.15) is 0 Å². The quantitative estimate of drug-likeness (QED) is 0.802. The van der Waals surface area contributed by atoms with Crippen LogP contribution < -0.4 is 5.73 Å². The molecule has 0 unspecified atom stereocenters. The Morgan fingerprint density at radius 1 is 1.04 bits per heavy atom. The zero-order valence-corrected chi connectivity index (χ0v) is 15.4. The largest absolute Gasteiger partial charge is 0.369 e. The number of rotatable bonds is 1. The summed E-state index contributed by atoms with van der Waals surface area (Å²) in [6.07, 6.45) is 8.59. The number of nitrogens with zero attached hydrogens (tertiary/aromatic N) is 1. The minimum absolute atomic E-state index is 0.0737. The third-order valence-corrected chi connectivity index (χ3v) is 8.90. The first kappa shape index (κ1) is 16.4. The Morgan fingerprint density at radius 2 is 1.75 bits per heavy atom. The molecule has 134 valence electrons. The lowest BCUT2D eigenvalue weighted by molar-refractivity contribution is -0.159. The van der Waals surface area contributed by atoms with E-state index in [1.807, 2.05) is 11.9 Å². The summed E-state index contributed by atoms with van der Waals surface area (Å²) in [5, 5.41) is 0. The van der Waals surface area contributed by atoms with Gasteiger partial charge in [-0.25, -0.2) is 0 Å². The highest BCUT2D eigenvalue weighted by atomic mass is 16.2. The molecule has 0 bridgehead atoms. The van der Waals surface area contributed by atoms with Crippen LogP contribution in [0.5, 0.6) is 0 Å². The molecule has 1 heterocycles. The number of likely N-dealkylation sites (tertiary alicyclic amines) is 1. The molecule has 1 aliphatic heterocycles. The fourth-order valence-corrected chi connectivity index (χ4v) is 7.62. The molecular weight excluding hydrogens is 300 g/mol. The second-order valence-corrected chi connectivity index (χ2v) is 9.56. The van der Waals surface area contributed by atoms with Crippen LogP contribution in [-0.4, -0.2) is 29.8 Å². The van der Waals surface area contributed by atoms with Crippen molar-refractivity contribution in [3.05, 3.63) is 0 Å². The molecule has 4 fully saturated rings. The number of carbonyl (C=O) groups is 2. The normalized spacial score (nSPS) is 50.9. The van der Waals surface area contributed by atoms with E-state index in [1.54, 1.807) is 0 Å². The molecule has 4 rings (SSSR count). The maximum atomic E-state index is 12.2. The van der Waals surface area contributed by atoms with Crippen LogP contribution in [-0.2, 0) is 9.59 Å². The van der Waals surface area contributed by atoms with Crippen LogP contribution in [0.2, 0.25) is 0 Å². The van der Waals surface area contributed by atoms with Crippen molar-refractivity contribution >= 4 is 11.8 Å². The summed E-state index contributed by atoms with van der Waals surface area (Å²) in [5.74, 6) is 2.39. The highest BCUT2D eigenvalue weighted by Crippen LogP contribution is 2.66. The first-order valence-electron chi connectivity index (χ1n) is 9.84. The van der Waals surface area contributed by atoms with Gasteiger partial charge < -0.3 is 10.6 Å². The minimum atomic E-state index is -0.0821. The van der Waals surface area contributed by atoms with Gasteiger partial charge in [-0.1, -0.05) is 13.8 Å². The molecule has 0 spiro atoms. The number of carbonyl (C=O) groups excluding carboxylic acids is 2. The zero-order valence-electron chi connectivity index (χ0n) is 15.4. The van der Waals surface area contributed by atoms with Crippen molar-refractivity contribution in [1.29, 1.82) is 0 Å². The van der Waals surface area contributed by atoms with Crippen LogP contribution in [0, 0.1) is 34.5 Å². The fraction of sp³-hybridized carbons (Fsp3) is 0.900. The molecule has 4 nitrogen and oxygen atoms in total. The summed E-state index contributed by atoms with van der Waals surface area (Å²) in [6, 6.07) is 0.415. The summed E-state index contributed by atoms with van der Waals surface area (Å²) in [6.45, 7) is 4.78. The van der Waals surface area contributed by atoms with E-state index in [1.165, 1.54) is 19.3 Å². The monoisotopic (exact) mass is 332 g/mol. The molecule has 2 amide bonds. The van der Waals surface area contributed by atoms with Crippen LogP contribution >= 0.6 is 0 Å². The summed E-state index contributed by atoms with van der Waals surface area (Å²) >= 11 is 0. The maximum absolute atomic E-state index is 12.2. The number of hydrogen-bond acceptors (Lipinski definition) is 2. The van der Waals surface area contributed by atoms with Gasteiger partial charge in [-0.15, -0.1) is 0 Å². The highest BCUT2D eigenvalue weighted by molar-refractivity contribution is 5.78. The first-order valence-corrected chi connectivity index (χ1v) is 9.84. The molecule has 3 aliphatic carbocycles. The molecular formula is C20H32N2O2. The van der Waals surface area contributed by atoms with E-state index in [0.717, 1.165) is 31.6 Å². The van der Waals surface area contributed by atoms with Crippen LogP contribution in [0.25, 0.3) is 0 Å². The molecule has 0 aromatic heterocycles. The standard InChI is InChI=1S/C20H32N2O2/c1-19-10-8-14-12(13(19)5-6-15(19)18(21)24)4-7-16-20(14,2)11-9-17(23)22(16)3/h12-16H,4-11H2,1-3H3,(H2,21,24)/t12-,13-,14-,15+,16+,19-,20+/m0/s1. The Labute approximate surface area is 145 Å². The maximum Gasteiger partial charge on any atom is 0.222 e. The average Bonchev–Trinajstić information content (AvgIpc) is 2.89. The van der Waals surface area contributed by atoms with Gasteiger partial charge in [0.15, 0.2) is 0 Å². The molecule has 0 aromatic carbocycles. The molecule has 0 aromatic rings. The molecule has 7 atom stereocenters. The van der Waals surface area contributed by atoms with Gasteiger partial charge in [0.2, 0.25) is 11.8 Å². The minimum Gasteiger partial charge on any atom is -0.369 e. The molecule has 2 N–H and O–H groups in total. The second-order valence-electron chi connectivity index (χ2n) is 9.56. The summed E-state index contributed by atoms with van der Waals surface area (Å²) < 4.78 is 0. The Bertz CT molecular complexity index is 576. The van der Waals surface area contributed by atoms with Crippen LogP contribution in [0.3, 0.4) is 0 Å². The number of amides is 2. The Morgan fingerprint density at radius 3 is 2.46 bits per heavy atom. The van der Waals surface area contributed by atoms with E-state index in [2.05, 4.69) is 13.8 Å². The number of nitrogens with two attached hydrogens (primary N) is 1. The predicted molar refractivity (Wildman–Crippen MR) is 92.9 cm³/mol. The molecule has 0 radical (unpaired) electrons. The predicted octanol–water partition coefficient (Wildman–Crippen LogP) is 2.95. The van der Waals surface area contributed by atoms with Crippen LogP contribution in [0.4, 0.5) is 0 Å². The van der Waals surface area contributed by atoms with Gasteiger partial charge >= 0.3 is 0 Å². The van der Waals surface area contributed by atoms with Crippen LogP contribution in [0.1, 0.15) is 65.2 Å². The van der Waals surface area contributed by atoms with E-state index in [-0.39, 0.29) is 22.7 Å². The number of piperidine rings is 1. The molecule has 24 heavy (non-hydrogen) atoms. The van der Waals surface area contributed by atoms with Gasteiger partial charge in [0.05, 0.1) is 0 Å². The molecule has 4 aliphatic rings. The Balaban J connectivity index is 1.64. The van der Waals surface area contributed by atoms with Gasteiger partial charge in [-0.05, 0) is 73.5 Å². The molecule has 3 saturated carbocycles. The van der Waals surface area contributed by atoms with Crippen molar-refractivity contribution in [3.8, 4) is 0 Å². The fourth-order valence-electron chi connectivity index (χ4n) is 7.62. The summed E-state index contributed by atoms with van der Waals surface area (Å²) in [5.41, 5.74) is 6.12. The topological polar surface area (TPSA) is 63.4 Å². The van der Waals surface area contributed by atoms with E-state index in [0.29, 0.717) is 30.2 Å². The van der Waals surface area contributed by atoms with Gasteiger partial charge in [0, 0.05) is 25.4 Å². The van der Waals surface area contributed by atoms with E-state index >= 15 is 0 Å². The van der Waals surface area contributed by atoms with Crippen molar-refractivity contribution in [2.45, 2.75) is 71.3 Å². The first-order chi connectivity index (χ1) is 11.3. The lowest BCUT2D eigenvalue weighted by Crippen LogP contribution is -2.61. The lowest BCUT2D eigenvalue weighted by atomic mass is 9.47. The summed E-state index contributed by atoms with van der Waals surface area (Å²) in [7, 11) is 2.01. The van der Waals surface area contributed by atoms with Gasteiger partial charge in [0.1, 0.15) is 0 Å². The number of primary amides is 1. The third kappa shape index (κ3) is 1.97. The zero-order chi connectivity index (χ0) is 17.3. The van der Waals surface area contributed by atoms with Crippen molar-refractivity contribution in [2.75, 3.05) is 7.05 Å². The molecule has 1 saturated heterocycles. The number of fused-ring (bicyclic) bond motifs is 5. The SMILES string of the molecule is CN1C(=O)CC[C@]2(C)[C@H]3CC[C@]4(C)[C@@H](C(N)=O)CC[C@H]4[C@@H]3CC[C@@H]12. The lowest BCUT2D eigenvalue weighted by Gasteiger charge is -2.61. The number of hydrogen-bond donors (Lipinski definition) is 1. The Kier molecular flexibility index (Phi) is 3.57. The van der Waals surface area contributed by atoms with Crippen molar-refractivity contribution in [2.24, 2.45) is 40.2 Å². The van der Waals surface area contributed by atoms with Gasteiger partial charge in [0.25, 0.3) is 0 Å². The van der Waals surface area contributed by atoms with E-state index in [9.17, 15) is 9.59 Å². The average molecular weight is 332 g/mol. The van der Waals surface area contributed by atoms with Crippen molar-refractivity contribution < 1.29 is 9.59 Å². The Hall–Kier alpha value is -1.06. The van der Waals surface area contributed by atoms with E-state index in [4.69, 9.17) is 5.73 Å². The van der Waals surface area contributed by atoms with Crippen LogP contribution in [0.15, 0.2) is 0 Å². The van der Waals surface area contributed by atoms with Gasteiger partial charge in [-0.3, -0.25) is 9.59 Å². The molecule has 4 heteroatoms. The smallest absolute Gasteiger partial charge is 0.222 e. The summed E-state index contributed by atoms with van der Waals surface area (Å²) in [4.78, 5) is 26.2. The van der Waals surface area contributed by atoms with Crippen molar-refractivity contribution in [3.63, 3.8) is 0 Å². The van der Waals surface area contributed by atoms with Crippen molar-refractivity contribution in [1.82, 2.24) is 4.90 Å².